The van der Waals surface area contributed by atoms with Crippen LogP contribution in [0.3, 0.4) is 0 Å². The Hall–Kier alpha value is -2.32. The summed E-state index contributed by atoms with van der Waals surface area (Å²) in [4.78, 5) is 14.1. The Balaban J connectivity index is 1.56. The molecule has 0 aliphatic rings. The summed E-state index contributed by atoms with van der Waals surface area (Å²) in [5.74, 6) is 1.38. The number of halogens is 1. The minimum Gasteiger partial charge on any atom is -0.496 e. The zero-order valence-electron chi connectivity index (χ0n) is 14.9. The lowest BCUT2D eigenvalue weighted by molar-refractivity contribution is -0.127. The summed E-state index contributed by atoms with van der Waals surface area (Å²) >= 11 is 4.61. The normalized spacial score (nSPS) is 10.6. The molecule has 6 nitrogen and oxygen atoms in total. The molecule has 0 unspecified atom stereocenters. The second kappa shape index (κ2) is 9.05. The van der Waals surface area contributed by atoms with Crippen LogP contribution in [0, 0.1) is 0 Å². The van der Waals surface area contributed by atoms with E-state index in [1.165, 1.54) is 11.8 Å². The molecule has 2 aromatic carbocycles. The van der Waals surface area contributed by atoms with Crippen LogP contribution in [-0.4, -0.2) is 40.9 Å². The van der Waals surface area contributed by atoms with E-state index in [9.17, 15) is 4.79 Å². The van der Waals surface area contributed by atoms with Crippen molar-refractivity contribution < 1.29 is 13.9 Å². The molecular weight excluding hydrogens is 430 g/mol. The fourth-order valence-electron chi connectivity index (χ4n) is 2.39. The topological polar surface area (TPSA) is 68.5 Å². The summed E-state index contributed by atoms with van der Waals surface area (Å²) in [6.07, 6.45) is 0. The van der Waals surface area contributed by atoms with Crippen LogP contribution >= 0.6 is 27.7 Å². The third kappa shape index (κ3) is 5.11. The van der Waals surface area contributed by atoms with Crippen molar-refractivity contribution >= 4 is 33.6 Å². The van der Waals surface area contributed by atoms with Crippen molar-refractivity contribution in [2.24, 2.45) is 0 Å². The first-order valence-electron chi connectivity index (χ1n) is 8.15. The van der Waals surface area contributed by atoms with Crippen LogP contribution in [0.25, 0.3) is 11.5 Å². The lowest BCUT2D eigenvalue weighted by atomic mass is 10.2. The molecule has 3 aromatic rings. The van der Waals surface area contributed by atoms with Gasteiger partial charge in [0.15, 0.2) is 0 Å². The molecule has 0 aliphatic carbocycles. The van der Waals surface area contributed by atoms with E-state index in [-0.39, 0.29) is 11.7 Å². The average molecular weight is 448 g/mol. The van der Waals surface area contributed by atoms with Crippen molar-refractivity contribution in [3.63, 3.8) is 0 Å². The number of ether oxygens (including phenoxy) is 1. The molecule has 27 heavy (non-hydrogen) atoms. The van der Waals surface area contributed by atoms with E-state index < -0.39 is 0 Å². The summed E-state index contributed by atoms with van der Waals surface area (Å²) < 4.78 is 11.9. The molecule has 1 heterocycles. The number of aromatic nitrogens is 2. The van der Waals surface area contributed by atoms with Gasteiger partial charge in [-0.15, -0.1) is 10.2 Å². The number of amides is 1. The maximum absolute atomic E-state index is 12.4. The molecule has 0 radical (unpaired) electrons. The van der Waals surface area contributed by atoms with Gasteiger partial charge >= 0.3 is 0 Å². The number of nitrogens with zero attached hydrogens (tertiary/aromatic N) is 3. The largest absolute Gasteiger partial charge is 0.496 e. The fraction of sp³-hybridized carbons (Fsp3) is 0.211. The Bertz CT molecular complexity index is 915. The zero-order valence-corrected chi connectivity index (χ0v) is 17.3. The van der Waals surface area contributed by atoms with Gasteiger partial charge in [-0.3, -0.25) is 4.79 Å². The Morgan fingerprint density at radius 3 is 2.67 bits per heavy atom. The molecule has 0 bridgehead atoms. The van der Waals surface area contributed by atoms with Gasteiger partial charge in [-0.1, -0.05) is 45.9 Å². The van der Waals surface area contributed by atoms with Crippen molar-refractivity contribution in [3.8, 4) is 17.2 Å². The molecule has 140 valence electrons. The van der Waals surface area contributed by atoms with Crippen molar-refractivity contribution in [2.75, 3.05) is 19.9 Å². The van der Waals surface area contributed by atoms with Gasteiger partial charge in [0.2, 0.25) is 11.8 Å². The van der Waals surface area contributed by atoms with Crippen LogP contribution < -0.4 is 4.74 Å². The van der Waals surface area contributed by atoms with E-state index in [1.54, 1.807) is 19.1 Å². The number of thioether (sulfide) groups is 1. The Kier molecular flexibility index (Phi) is 6.52. The zero-order chi connectivity index (χ0) is 19.2. The molecular formula is C19H18BrN3O3S. The highest BCUT2D eigenvalue weighted by Gasteiger charge is 2.15. The third-order valence-electron chi connectivity index (χ3n) is 3.84. The van der Waals surface area contributed by atoms with Gasteiger partial charge in [-0.2, -0.15) is 0 Å². The summed E-state index contributed by atoms with van der Waals surface area (Å²) in [6.45, 7) is 0.470. The molecule has 0 N–H and O–H groups in total. The number of carbonyl (C=O) groups is 1. The van der Waals surface area contributed by atoms with Crippen molar-refractivity contribution in [2.45, 2.75) is 11.8 Å². The van der Waals surface area contributed by atoms with Gasteiger partial charge in [0.1, 0.15) is 5.75 Å². The number of rotatable bonds is 7. The van der Waals surface area contributed by atoms with Crippen LogP contribution in [-0.2, 0) is 11.3 Å². The summed E-state index contributed by atoms with van der Waals surface area (Å²) in [5, 5.41) is 8.40. The van der Waals surface area contributed by atoms with Gasteiger partial charge < -0.3 is 14.1 Å². The first-order valence-corrected chi connectivity index (χ1v) is 9.93. The monoisotopic (exact) mass is 447 g/mol. The number of hydrogen-bond donors (Lipinski definition) is 0. The van der Waals surface area contributed by atoms with E-state index in [0.29, 0.717) is 17.7 Å². The number of carbonyl (C=O) groups excluding carboxylic acids is 1. The Morgan fingerprint density at radius 1 is 1.19 bits per heavy atom. The Labute approximate surface area is 170 Å². The molecule has 1 aromatic heterocycles. The quantitative estimate of drug-likeness (QED) is 0.504. The van der Waals surface area contributed by atoms with E-state index in [4.69, 9.17) is 9.15 Å². The van der Waals surface area contributed by atoms with Crippen molar-refractivity contribution in [3.05, 3.63) is 58.6 Å². The average Bonchev–Trinajstić information content (AvgIpc) is 3.16. The second-order valence-corrected chi connectivity index (χ2v) is 7.57. The van der Waals surface area contributed by atoms with Gasteiger partial charge in [-0.25, -0.2) is 0 Å². The maximum Gasteiger partial charge on any atom is 0.277 e. The smallest absolute Gasteiger partial charge is 0.277 e. The highest BCUT2D eigenvalue weighted by Crippen LogP contribution is 2.25. The van der Waals surface area contributed by atoms with Crippen LogP contribution in [0.4, 0.5) is 0 Å². The van der Waals surface area contributed by atoms with Crippen molar-refractivity contribution in [1.29, 1.82) is 0 Å². The predicted octanol–water partition coefficient (Wildman–Crippen LogP) is 4.26. The van der Waals surface area contributed by atoms with E-state index >= 15 is 0 Å². The second-order valence-electron chi connectivity index (χ2n) is 5.73. The highest BCUT2D eigenvalue weighted by atomic mass is 79.9. The van der Waals surface area contributed by atoms with Crippen molar-refractivity contribution in [1.82, 2.24) is 15.1 Å². The molecule has 0 atom stereocenters. The van der Waals surface area contributed by atoms with Gasteiger partial charge in [0.25, 0.3) is 5.22 Å². The lowest BCUT2D eigenvalue weighted by Crippen LogP contribution is -2.28. The maximum atomic E-state index is 12.4. The summed E-state index contributed by atoms with van der Waals surface area (Å²) in [5.41, 5.74) is 1.79. The SMILES string of the molecule is COc1ccccc1CN(C)C(=O)CSc1nnc(-c2ccc(Br)cc2)o1. The predicted molar refractivity (Wildman–Crippen MR) is 108 cm³/mol. The molecule has 0 fully saturated rings. The number of hydrogen-bond acceptors (Lipinski definition) is 6. The minimum atomic E-state index is -0.0331. The van der Waals surface area contributed by atoms with Gasteiger partial charge in [0.05, 0.1) is 12.9 Å². The molecule has 0 spiro atoms. The standard InChI is InChI=1S/C19H18BrN3O3S/c1-23(11-14-5-3-4-6-16(14)25-2)17(24)12-27-19-22-21-18(26-19)13-7-9-15(20)10-8-13/h3-10H,11-12H2,1-2H3. The number of benzene rings is 2. The molecule has 1 amide bonds. The highest BCUT2D eigenvalue weighted by molar-refractivity contribution is 9.10. The Morgan fingerprint density at radius 2 is 1.93 bits per heavy atom. The lowest BCUT2D eigenvalue weighted by Gasteiger charge is -2.18. The van der Waals surface area contributed by atoms with Gasteiger partial charge in [0, 0.05) is 29.2 Å². The van der Waals surface area contributed by atoms with Crippen LogP contribution in [0.2, 0.25) is 0 Å². The van der Waals surface area contributed by atoms with Crippen LogP contribution in [0.1, 0.15) is 5.56 Å². The number of para-hydroxylation sites is 1. The summed E-state index contributed by atoms with van der Waals surface area (Å²) in [7, 11) is 3.38. The van der Waals surface area contributed by atoms with Crippen LogP contribution in [0.15, 0.2) is 62.6 Å². The molecule has 0 saturated heterocycles. The first kappa shape index (κ1) is 19.4. The van der Waals surface area contributed by atoms with E-state index in [2.05, 4.69) is 26.1 Å². The molecule has 3 rings (SSSR count). The number of methoxy groups -OCH3 is 1. The van der Waals surface area contributed by atoms with E-state index in [0.717, 1.165) is 21.3 Å². The van der Waals surface area contributed by atoms with Crippen LogP contribution in [0.5, 0.6) is 5.75 Å². The van der Waals surface area contributed by atoms with Gasteiger partial charge in [-0.05, 0) is 30.3 Å². The first-order chi connectivity index (χ1) is 13.1. The molecule has 0 saturated carbocycles. The third-order valence-corrected chi connectivity index (χ3v) is 5.17. The fourth-order valence-corrected chi connectivity index (χ4v) is 3.36. The minimum absolute atomic E-state index is 0.0331. The summed E-state index contributed by atoms with van der Waals surface area (Å²) in [6, 6.07) is 15.2. The molecule has 0 aliphatic heterocycles. The van der Waals surface area contributed by atoms with E-state index in [1.807, 2.05) is 48.5 Å². The molecule has 8 heteroatoms.